The summed E-state index contributed by atoms with van der Waals surface area (Å²) in [6.07, 6.45) is 2.88. The number of hydrogen-bond acceptors (Lipinski definition) is 4. The predicted molar refractivity (Wildman–Crippen MR) is 120 cm³/mol. The smallest absolute Gasteiger partial charge is 0.244 e. The van der Waals surface area contributed by atoms with Crippen molar-refractivity contribution in [3.63, 3.8) is 0 Å². The molecule has 0 unspecified atom stereocenters. The Morgan fingerprint density at radius 1 is 1.16 bits per heavy atom. The highest BCUT2D eigenvalue weighted by atomic mass is 35.5. The van der Waals surface area contributed by atoms with Crippen LogP contribution < -0.4 is 5.32 Å². The first-order valence-electron chi connectivity index (χ1n) is 10.0. The minimum atomic E-state index is -3.87. The topological polar surface area (TPSA) is 90.3 Å². The average molecular weight is 478 g/mol. The van der Waals surface area contributed by atoms with Crippen LogP contribution in [0.25, 0.3) is 0 Å². The third kappa shape index (κ3) is 4.44. The van der Waals surface area contributed by atoms with Crippen molar-refractivity contribution in [3.05, 3.63) is 58.1 Å². The summed E-state index contributed by atoms with van der Waals surface area (Å²) < 4.78 is 27.5. The summed E-state index contributed by atoms with van der Waals surface area (Å²) in [6, 6.07) is 14.0. The number of carbonyl (C=O) groups is 1. The molecule has 2 aliphatic rings. The molecule has 2 aromatic carbocycles. The predicted octanol–water partition coefficient (Wildman–Crippen LogP) is 4.59. The van der Waals surface area contributed by atoms with Gasteiger partial charge in [-0.2, -0.15) is 9.57 Å². The van der Waals surface area contributed by atoms with Gasteiger partial charge in [-0.1, -0.05) is 35.3 Å². The Kier molecular flexibility index (Phi) is 6.01. The zero-order valence-corrected chi connectivity index (χ0v) is 19.0. The standard InChI is InChI=1S/C22H21Cl2N3O3S/c23-17-5-8-19(24)20(12-17)31(29,30)27-11-1-2-15(13-27)21(28)26-18-6-3-16(4-7-18)22(14-25)9-10-22/h3-8,12,15H,1-2,9-11,13H2,(H,26,28)/t15-/m1/s1. The molecule has 0 spiro atoms. The lowest BCUT2D eigenvalue weighted by atomic mass is 9.97. The second-order valence-electron chi connectivity index (χ2n) is 8.04. The van der Waals surface area contributed by atoms with Crippen molar-refractivity contribution < 1.29 is 13.2 Å². The first-order valence-corrected chi connectivity index (χ1v) is 12.2. The average Bonchev–Trinajstić information content (AvgIpc) is 3.57. The summed E-state index contributed by atoms with van der Waals surface area (Å²) >= 11 is 12.1. The van der Waals surface area contributed by atoms with Crippen LogP contribution in [0.3, 0.4) is 0 Å². The maximum atomic E-state index is 13.1. The van der Waals surface area contributed by atoms with Crippen LogP contribution in [0.15, 0.2) is 47.4 Å². The van der Waals surface area contributed by atoms with E-state index >= 15 is 0 Å². The van der Waals surface area contributed by atoms with E-state index in [0.717, 1.165) is 18.4 Å². The number of sulfonamides is 1. The van der Waals surface area contributed by atoms with E-state index in [1.807, 2.05) is 12.1 Å². The molecular formula is C22H21Cl2N3O3S. The number of hydrogen-bond donors (Lipinski definition) is 1. The summed E-state index contributed by atoms with van der Waals surface area (Å²) in [5.41, 5.74) is 1.21. The highest BCUT2D eigenvalue weighted by Gasteiger charge is 2.44. The monoisotopic (exact) mass is 477 g/mol. The molecule has 2 aromatic rings. The molecule has 0 radical (unpaired) electrons. The van der Waals surface area contributed by atoms with Crippen LogP contribution in [0, 0.1) is 17.2 Å². The van der Waals surface area contributed by atoms with Crippen LogP contribution in [0.2, 0.25) is 10.0 Å². The number of anilines is 1. The highest BCUT2D eigenvalue weighted by Crippen LogP contribution is 2.47. The third-order valence-corrected chi connectivity index (χ3v) is 8.52. The Morgan fingerprint density at radius 3 is 2.52 bits per heavy atom. The number of nitriles is 1. The van der Waals surface area contributed by atoms with Crippen LogP contribution in [-0.4, -0.2) is 31.7 Å². The fraction of sp³-hybridized carbons (Fsp3) is 0.364. The molecule has 1 heterocycles. The minimum absolute atomic E-state index is 0.0511. The fourth-order valence-electron chi connectivity index (χ4n) is 3.90. The Hall–Kier alpha value is -2.11. The zero-order valence-electron chi connectivity index (χ0n) is 16.6. The zero-order chi connectivity index (χ0) is 22.2. The molecule has 1 amide bonds. The molecule has 1 aliphatic carbocycles. The molecule has 4 rings (SSSR count). The fourth-order valence-corrected chi connectivity index (χ4v) is 6.16. The van der Waals surface area contributed by atoms with E-state index in [1.165, 1.54) is 22.5 Å². The first kappa shape index (κ1) is 22.1. The highest BCUT2D eigenvalue weighted by molar-refractivity contribution is 7.89. The van der Waals surface area contributed by atoms with Gasteiger partial charge in [0.05, 0.1) is 22.4 Å². The van der Waals surface area contributed by atoms with Crippen molar-refractivity contribution in [1.29, 1.82) is 5.26 Å². The lowest BCUT2D eigenvalue weighted by Crippen LogP contribution is -2.43. The summed E-state index contributed by atoms with van der Waals surface area (Å²) in [5, 5.41) is 12.6. The van der Waals surface area contributed by atoms with E-state index in [1.54, 1.807) is 12.1 Å². The van der Waals surface area contributed by atoms with E-state index in [-0.39, 0.29) is 32.8 Å². The van der Waals surface area contributed by atoms with Crippen LogP contribution in [-0.2, 0) is 20.2 Å². The quantitative estimate of drug-likeness (QED) is 0.681. The van der Waals surface area contributed by atoms with Gasteiger partial charge < -0.3 is 5.32 Å². The number of piperidine rings is 1. The molecule has 1 saturated carbocycles. The van der Waals surface area contributed by atoms with Crippen molar-refractivity contribution in [2.75, 3.05) is 18.4 Å². The molecule has 9 heteroatoms. The van der Waals surface area contributed by atoms with E-state index in [2.05, 4.69) is 11.4 Å². The van der Waals surface area contributed by atoms with Gasteiger partial charge in [-0.25, -0.2) is 8.42 Å². The van der Waals surface area contributed by atoms with Gasteiger partial charge in [-0.3, -0.25) is 4.79 Å². The van der Waals surface area contributed by atoms with Crippen molar-refractivity contribution in [2.45, 2.75) is 36.0 Å². The van der Waals surface area contributed by atoms with Crippen LogP contribution in [0.4, 0.5) is 5.69 Å². The van der Waals surface area contributed by atoms with E-state index in [0.29, 0.717) is 25.1 Å². The van der Waals surface area contributed by atoms with Crippen LogP contribution >= 0.6 is 23.2 Å². The van der Waals surface area contributed by atoms with Gasteiger partial charge in [-0.15, -0.1) is 0 Å². The van der Waals surface area contributed by atoms with Crippen molar-refractivity contribution >= 4 is 44.8 Å². The van der Waals surface area contributed by atoms with Gasteiger partial charge in [0.2, 0.25) is 15.9 Å². The molecule has 162 valence electrons. The number of amides is 1. The minimum Gasteiger partial charge on any atom is -0.326 e. The normalized spacial score (nSPS) is 20.6. The lowest BCUT2D eigenvalue weighted by molar-refractivity contribution is -0.120. The Labute approximate surface area is 191 Å². The summed E-state index contributed by atoms with van der Waals surface area (Å²) in [6.45, 7) is 0.395. The Balaban J connectivity index is 1.45. The summed E-state index contributed by atoms with van der Waals surface area (Å²) in [4.78, 5) is 12.8. The second-order valence-corrected chi connectivity index (χ2v) is 10.8. The van der Waals surface area contributed by atoms with E-state index in [4.69, 9.17) is 23.2 Å². The molecule has 31 heavy (non-hydrogen) atoms. The second kappa shape index (κ2) is 8.44. The first-order chi connectivity index (χ1) is 14.7. The van der Waals surface area contributed by atoms with Crippen molar-refractivity contribution in [1.82, 2.24) is 4.31 Å². The van der Waals surface area contributed by atoms with Gasteiger partial charge in [0.25, 0.3) is 0 Å². The largest absolute Gasteiger partial charge is 0.326 e. The van der Waals surface area contributed by atoms with Crippen molar-refractivity contribution in [3.8, 4) is 6.07 Å². The van der Waals surface area contributed by atoms with Gasteiger partial charge in [-0.05, 0) is 61.6 Å². The molecule has 0 aromatic heterocycles. The van der Waals surface area contributed by atoms with Gasteiger partial charge in [0.1, 0.15) is 4.90 Å². The maximum Gasteiger partial charge on any atom is 0.244 e. The molecule has 1 saturated heterocycles. The number of rotatable bonds is 5. The number of carbonyl (C=O) groups excluding carboxylic acids is 1. The third-order valence-electron chi connectivity index (χ3n) is 5.94. The maximum absolute atomic E-state index is 13.1. The Morgan fingerprint density at radius 2 is 1.87 bits per heavy atom. The van der Waals surface area contributed by atoms with Gasteiger partial charge in [0, 0.05) is 23.8 Å². The van der Waals surface area contributed by atoms with Crippen molar-refractivity contribution in [2.24, 2.45) is 5.92 Å². The summed E-state index contributed by atoms with van der Waals surface area (Å²) in [7, 11) is -3.87. The van der Waals surface area contributed by atoms with E-state index < -0.39 is 15.9 Å². The number of halogens is 2. The van der Waals surface area contributed by atoms with Gasteiger partial charge in [0.15, 0.2) is 0 Å². The molecule has 1 atom stereocenters. The van der Waals surface area contributed by atoms with Crippen LogP contribution in [0.5, 0.6) is 0 Å². The summed E-state index contributed by atoms with van der Waals surface area (Å²) in [5.74, 6) is -0.707. The number of nitrogens with one attached hydrogen (secondary N) is 1. The van der Waals surface area contributed by atoms with Crippen LogP contribution in [0.1, 0.15) is 31.2 Å². The lowest BCUT2D eigenvalue weighted by Gasteiger charge is -2.31. The van der Waals surface area contributed by atoms with Gasteiger partial charge >= 0.3 is 0 Å². The Bertz CT molecular complexity index is 1160. The molecule has 6 nitrogen and oxygen atoms in total. The van der Waals surface area contributed by atoms with E-state index in [9.17, 15) is 18.5 Å². The molecular weight excluding hydrogens is 457 g/mol. The number of nitrogens with zero attached hydrogens (tertiary/aromatic N) is 2. The molecule has 0 bridgehead atoms. The SMILES string of the molecule is N#CC1(c2ccc(NC(=O)[C@@H]3CCCN(S(=O)(=O)c4cc(Cl)ccc4Cl)C3)cc2)CC1. The molecule has 2 fully saturated rings. The molecule has 1 N–H and O–H groups in total. The molecule has 1 aliphatic heterocycles. The number of benzene rings is 2.